The van der Waals surface area contributed by atoms with E-state index in [2.05, 4.69) is 25.6 Å². The summed E-state index contributed by atoms with van der Waals surface area (Å²) in [7, 11) is 0. The van der Waals surface area contributed by atoms with E-state index in [0.29, 0.717) is 11.4 Å². The third kappa shape index (κ3) is 11.2. The van der Waals surface area contributed by atoms with Crippen LogP contribution in [0.3, 0.4) is 0 Å². The fraction of sp³-hybridized carbons (Fsp3) is 0.424. The highest BCUT2D eigenvalue weighted by Gasteiger charge is 2.24. The Morgan fingerprint density at radius 3 is 1.95 bits per heavy atom. The lowest BCUT2D eigenvalue weighted by Crippen LogP contribution is -2.40. The van der Waals surface area contributed by atoms with Crippen molar-refractivity contribution in [2.45, 2.75) is 91.2 Å². The third-order valence-electron chi connectivity index (χ3n) is 6.81. The van der Waals surface area contributed by atoms with E-state index >= 15 is 0 Å². The van der Waals surface area contributed by atoms with Gasteiger partial charge >= 0.3 is 17.9 Å². The molecule has 5 rings (SSSR count). The number of para-hydroxylation sites is 2. The molecule has 3 N–H and O–H groups in total. The number of benzene rings is 2. The summed E-state index contributed by atoms with van der Waals surface area (Å²) in [6, 6.07) is 18.4. The molecule has 2 amide bonds. The lowest BCUT2D eigenvalue weighted by molar-refractivity contribution is 0.130. The number of carbonyl (C=O) groups is 2. The van der Waals surface area contributed by atoms with Crippen LogP contribution in [-0.4, -0.2) is 33.6 Å². The van der Waals surface area contributed by atoms with Gasteiger partial charge < -0.3 is 9.72 Å². The van der Waals surface area contributed by atoms with Crippen molar-refractivity contribution in [3.8, 4) is 0 Å². The number of carbonyl (C=O) groups excluding carboxylic acids is 2. The number of anilines is 2. The van der Waals surface area contributed by atoms with Gasteiger partial charge in [0.25, 0.3) is 5.56 Å². The lowest BCUT2D eigenvalue weighted by atomic mass is 9.95. The molecular formula is C33H43N5O6. The van der Waals surface area contributed by atoms with Crippen LogP contribution >= 0.6 is 0 Å². The van der Waals surface area contributed by atoms with Crippen LogP contribution in [0.25, 0.3) is 0 Å². The second-order valence-electron chi connectivity index (χ2n) is 11.1. The summed E-state index contributed by atoms with van der Waals surface area (Å²) in [5.74, 6) is 0. The van der Waals surface area contributed by atoms with Crippen molar-refractivity contribution in [2.24, 2.45) is 5.16 Å². The van der Waals surface area contributed by atoms with E-state index in [9.17, 15) is 19.2 Å². The van der Waals surface area contributed by atoms with E-state index in [1.807, 2.05) is 62.4 Å². The molecule has 0 saturated heterocycles. The molecule has 2 aromatic carbocycles. The van der Waals surface area contributed by atoms with Gasteiger partial charge in [-0.05, 0) is 84.1 Å². The Balaban J connectivity index is 0.000000183. The Morgan fingerprint density at radius 1 is 0.841 bits per heavy atom. The van der Waals surface area contributed by atoms with Gasteiger partial charge in [0.05, 0.1) is 11.8 Å². The fourth-order valence-corrected chi connectivity index (χ4v) is 4.89. The number of hydrogen-bond acceptors (Lipinski definition) is 7. The molecule has 0 unspecified atom stereocenters. The molecule has 11 heteroatoms. The maximum atomic E-state index is 12.3. The Kier molecular flexibility index (Phi) is 13.4. The van der Waals surface area contributed by atoms with Crippen molar-refractivity contribution in [3.63, 3.8) is 0 Å². The molecule has 2 aliphatic rings. The van der Waals surface area contributed by atoms with Crippen molar-refractivity contribution in [1.29, 1.82) is 0 Å². The van der Waals surface area contributed by atoms with Gasteiger partial charge in [0, 0.05) is 28.7 Å². The molecule has 0 spiro atoms. The van der Waals surface area contributed by atoms with Crippen molar-refractivity contribution in [2.75, 3.05) is 10.6 Å². The van der Waals surface area contributed by atoms with E-state index < -0.39 is 12.2 Å². The molecule has 1 aromatic heterocycles. The van der Waals surface area contributed by atoms with Gasteiger partial charge in [-0.3, -0.25) is 24.8 Å². The van der Waals surface area contributed by atoms with Crippen molar-refractivity contribution < 1.29 is 19.2 Å². The van der Waals surface area contributed by atoms with Gasteiger partial charge in [0.15, 0.2) is 0 Å². The second-order valence-corrected chi connectivity index (χ2v) is 11.1. The average molecular weight is 606 g/mol. The zero-order valence-electron chi connectivity index (χ0n) is 25.9. The normalized spacial score (nSPS) is 13.7. The number of aryl methyl sites for hydroxylation is 1. The van der Waals surface area contributed by atoms with E-state index in [1.54, 1.807) is 26.0 Å². The van der Waals surface area contributed by atoms with Gasteiger partial charge in [0.2, 0.25) is 0 Å². The molecule has 44 heavy (non-hydrogen) atoms. The number of amides is 2. The van der Waals surface area contributed by atoms with Crippen LogP contribution in [0.15, 0.2) is 75.4 Å². The molecule has 3 aromatic rings. The van der Waals surface area contributed by atoms with E-state index in [4.69, 9.17) is 4.74 Å². The van der Waals surface area contributed by atoms with Gasteiger partial charge in [-0.15, -0.1) is 0 Å². The first-order chi connectivity index (χ1) is 21.1. The maximum absolute atomic E-state index is 12.3. The summed E-state index contributed by atoms with van der Waals surface area (Å²) in [5.41, 5.74) is 3.64. The predicted molar refractivity (Wildman–Crippen MR) is 172 cm³/mol. The van der Waals surface area contributed by atoms with Crippen LogP contribution in [0.1, 0.15) is 83.5 Å². The summed E-state index contributed by atoms with van der Waals surface area (Å²) < 4.78 is 6.39. The summed E-state index contributed by atoms with van der Waals surface area (Å²) in [4.78, 5) is 53.9. The molecule has 1 heterocycles. The summed E-state index contributed by atoms with van der Waals surface area (Å²) >= 11 is 0. The van der Waals surface area contributed by atoms with E-state index in [-0.39, 0.29) is 23.4 Å². The van der Waals surface area contributed by atoms with Gasteiger partial charge in [0.1, 0.15) is 0 Å². The first-order valence-electron chi connectivity index (χ1n) is 15.1. The molecule has 11 nitrogen and oxygen atoms in total. The molecule has 2 aliphatic carbocycles. The Morgan fingerprint density at radius 2 is 1.41 bits per heavy atom. The summed E-state index contributed by atoms with van der Waals surface area (Å²) in [5, 5.41) is 8.67. The third-order valence-corrected chi connectivity index (χ3v) is 6.81. The Bertz CT molecular complexity index is 1490. The highest BCUT2D eigenvalue weighted by molar-refractivity contribution is 5.86. The van der Waals surface area contributed by atoms with Crippen LogP contribution in [0.2, 0.25) is 0 Å². The minimum Gasteiger partial charge on any atom is -0.447 e. The molecule has 0 aliphatic heterocycles. The number of ether oxygens (including phenoxy) is 1. The van der Waals surface area contributed by atoms with E-state index in [0.717, 1.165) is 61.9 Å². The minimum absolute atomic E-state index is 0.0202. The van der Waals surface area contributed by atoms with Crippen molar-refractivity contribution >= 4 is 29.3 Å². The predicted octanol–water partition coefficient (Wildman–Crippen LogP) is 6.80. The number of hydrogen-bond donors (Lipinski definition) is 3. The van der Waals surface area contributed by atoms with Crippen molar-refractivity contribution in [1.82, 2.24) is 9.55 Å². The molecule has 0 radical (unpaired) electrons. The maximum Gasteiger partial charge on any atom is 0.437 e. The zero-order valence-corrected chi connectivity index (χ0v) is 25.9. The number of aromatic nitrogens is 2. The molecule has 236 valence electrons. The van der Waals surface area contributed by atoms with Crippen LogP contribution < -0.4 is 21.9 Å². The smallest absolute Gasteiger partial charge is 0.437 e. The molecule has 1 saturated carbocycles. The first-order valence-corrected chi connectivity index (χ1v) is 15.1. The Labute approximate surface area is 257 Å². The zero-order chi connectivity index (χ0) is 31.9. The number of aromatic amines is 1. The quantitative estimate of drug-likeness (QED) is 0.166. The second kappa shape index (κ2) is 17.4. The largest absolute Gasteiger partial charge is 0.447 e. The minimum atomic E-state index is -0.586. The number of oxime groups is 1. The monoisotopic (exact) mass is 605 g/mol. The Hall–Kier alpha value is -4.67. The molecule has 0 atom stereocenters. The standard InChI is InChI=1S/C13H18N2O2.C10H12N2O2.C10H13NO2/c16-12-10-7-4-8-11(10)14-13(17)15(12)9-5-2-1-3-6-9;1-8(2)12-14-10(13)11-9-6-4-3-5-7-9;1-8(2)13-10(12)11-9-6-4-3-5-7-9/h9H,1-8H2,(H,14,17);3-7H,1-2H3,(H,11,13);3-8H,1-2H3,(H,11,12). The number of nitrogens with zero attached hydrogens (tertiary/aromatic N) is 2. The van der Waals surface area contributed by atoms with Gasteiger partial charge in [-0.1, -0.05) is 60.8 Å². The van der Waals surface area contributed by atoms with Crippen LogP contribution in [0, 0.1) is 0 Å². The van der Waals surface area contributed by atoms with Gasteiger partial charge in [-0.2, -0.15) is 0 Å². The van der Waals surface area contributed by atoms with Crippen LogP contribution in [-0.2, 0) is 22.4 Å². The van der Waals surface area contributed by atoms with Crippen LogP contribution in [0.5, 0.6) is 0 Å². The van der Waals surface area contributed by atoms with E-state index in [1.165, 1.54) is 11.0 Å². The number of rotatable bonds is 5. The average Bonchev–Trinajstić information content (AvgIpc) is 3.47. The SMILES string of the molecule is CC(C)=NOC(=O)Nc1ccccc1.CC(C)OC(=O)Nc1ccccc1.O=c1[nH]c2c(c(=O)n1C1CCCCC1)CCC2. The highest BCUT2D eigenvalue weighted by Crippen LogP contribution is 2.26. The number of nitrogens with one attached hydrogen (secondary N) is 3. The number of fused-ring (bicyclic) bond motifs is 1. The lowest BCUT2D eigenvalue weighted by Gasteiger charge is -2.23. The van der Waals surface area contributed by atoms with Gasteiger partial charge in [-0.25, -0.2) is 14.4 Å². The topological polar surface area (TPSA) is 144 Å². The first kappa shape index (κ1) is 33.8. The van der Waals surface area contributed by atoms with Crippen molar-refractivity contribution in [3.05, 3.63) is 92.8 Å². The molecular weight excluding hydrogens is 562 g/mol. The molecule has 0 bridgehead atoms. The summed E-state index contributed by atoms with van der Waals surface area (Å²) in [6.07, 6.45) is 7.03. The fourth-order valence-electron chi connectivity index (χ4n) is 4.89. The van der Waals surface area contributed by atoms with Crippen LogP contribution in [0.4, 0.5) is 21.0 Å². The molecule has 1 fully saturated rings. The highest BCUT2D eigenvalue weighted by atomic mass is 16.7. The number of H-pyrrole nitrogens is 1. The summed E-state index contributed by atoms with van der Waals surface area (Å²) in [6.45, 7) is 7.11.